The fourth-order valence-corrected chi connectivity index (χ4v) is 6.89. The number of nitrogens with zero attached hydrogens (tertiary/aromatic N) is 1. The van der Waals surface area contributed by atoms with E-state index < -0.39 is 35.8 Å². The molecule has 2 aromatic carbocycles. The second-order valence-corrected chi connectivity index (χ2v) is 13.8. The van der Waals surface area contributed by atoms with Gasteiger partial charge in [0.1, 0.15) is 29.4 Å². The number of fused-ring (bicyclic) bond motifs is 5. The van der Waals surface area contributed by atoms with Crippen molar-refractivity contribution in [1.82, 2.24) is 10.2 Å². The molecule has 0 spiro atoms. The molecule has 0 aromatic heterocycles. The zero-order valence-electron chi connectivity index (χ0n) is 31.7. The molecule has 1 aliphatic heterocycles. The number of esters is 1. The Hall–Kier alpha value is -4.21. The van der Waals surface area contributed by atoms with E-state index in [-0.39, 0.29) is 36.7 Å². The highest BCUT2D eigenvalue weighted by molar-refractivity contribution is 5.95. The Bertz CT molecular complexity index is 1500. The predicted octanol–water partition coefficient (Wildman–Crippen LogP) is 7.20. The summed E-state index contributed by atoms with van der Waals surface area (Å²) >= 11 is 0. The van der Waals surface area contributed by atoms with E-state index in [1.165, 1.54) is 12.0 Å². The summed E-state index contributed by atoms with van der Waals surface area (Å²) in [4.78, 5) is 69.7. The minimum Gasteiger partial charge on any atom is -0.496 e. The van der Waals surface area contributed by atoms with E-state index in [2.05, 4.69) is 19.2 Å². The molecule has 1 aliphatic rings. The number of benzene rings is 2. The largest absolute Gasteiger partial charge is 0.496 e. The highest BCUT2D eigenvalue weighted by atomic mass is 16.5. The fraction of sp³-hybridized carbons (Fsp3) is 0.585. The summed E-state index contributed by atoms with van der Waals surface area (Å²) in [6.45, 7) is 5.87. The molecule has 0 aliphatic carbocycles. The number of Topliss-reactive ketones (excluding diaryl/α,β-unsaturated/α-hetero) is 2. The number of nitrogens with one attached hydrogen (secondary N) is 1. The van der Waals surface area contributed by atoms with E-state index in [0.717, 1.165) is 56.9 Å². The molecule has 2 amide bonds. The number of rotatable bonds is 17. The molecule has 4 atom stereocenters. The van der Waals surface area contributed by atoms with E-state index in [1.807, 2.05) is 18.2 Å². The molecule has 10 nitrogen and oxygen atoms in total. The lowest BCUT2D eigenvalue weighted by atomic mass is 9.88. The number of hydrogen-bond acceptors (Lipinski definition) is 8. The maximum atomic E-state index is 14.4. The molecule has 0 fully saturated rings. The molecule has 2 aromatic rings. The van der Waals surface area contributed by atoms with Gasteiger partial charge in [0, 0.05) is 55.7 Å². The standard InChI is InChI=1S/C41H58N2O8/c1-8-10-12-13-15-17-31(44)25-30(16-14-11-9-2)40(47)43(4)38-29-19-21-37(50-6)33(26-29)32-23-28(18-20-36(32)49-5)24-34(41(48)51-7)42-39(46)27(3)22-35(38)45/h18-21,23,26-27,30,34,38H,8-17,22,24-25H2,1-7H3,(H,42,46)/t27-,30-,34+,38+/m1/s1. The third-order valence-corrected chi connectivity index (χ3v) is 9.87. The summed E-state index contributed by atoms with van der Waals surface area (Å²) in [6.07, 6.45) is 8.94. The molecular weight excluding hydrogens is 648 g/mol. The van der Waals surface area contributed by atoms with Crippen molar-refractivity contribution >= 4 is 29.4 Å². The van der Waals surface area contributed by atoms with Gasteiger partial charge in [-0.05, 0) is 48.2 Å². The smallest absolute Gasteiger partial charge is 0.328 e. The van der Waals surface area contributed by atoms with Gasteiger partial charge in [0.15, 0.2) is 5.78 Å². The van der Waals surface area contributed by atoms with Crippen molar-refractivity contribution in [1.29, 1.82) is 0 Å². The van der Waals surface area contributed by atoms with Gasteiger partial charge in [-0.1, -0.05) is 77.8 Å². The lowest BCUT2D eigenvalue weighted by Crippen LogP contribution is -2.46. The van der Waals surface area contributed by atoms with E-state index in [4.69, 9.17) is 14.2 Å². The molecule has 10 heteroatoms. The van der Waals surface area contributed by atoms with Crippen LogP contribution in [0.25, 0.3) is 11.1 Å². The van der Waals surface area contributed by atoms with Crippen molar-refractivity contribution in [3.63, 3.8) is 0 Å². The normalized spacial score (nSPS) is 18.2. The van der Waals surface area contributed by atoms with Gasteiger partial charge in [0.2, 0.25) is 11.8 Å². The molecule has 1 heterocycles. The number of methoxy groups -OCH3 is 3. The van der Waals surface area contributed by atoms with Crippen molar-refractivity contribution in [2.24, 2.45) is 11.8 Å². The average molecular weight is 707 g/mol. The first-order valence-electron chi connectivity index (χ1n) is 18.5. The first kappa shape index (κ1) is 41.2. The van der Waals surface area contributed by atoms with Gasteiger partial charge in [-0.25, -0.2) is 4.79 Å². The molecule has 0 saturated carbocycles. The number of carbonyl (C=O) groups excluding carboxylic acids is 5. The second-order valence-electron chi connectivity index (χ2n) is 13.8. The van der Waals surface area contributed by atoms with Gasteiger partial charge in [-0.15, -0.1) is 0 Å². The molecule has 0 unspecified atom stereocenters. The van der Waals surface area contributed by atoms with Gasteiger partial charge in [0.25, 0.3) is 0 Å². The summed E-state index contributed by atoms with van der Waals surface area (Å²) < 4.78 is 16.5. The maximum Gasteiger partial charge on any atom is 0.328 e. The van der Waals surface area contributed by atoms with Crippen molar-refractivity contribution in [2.45, 2.75) is 116 Å². The van der Waals surface area contributed by atoms with Crippen LogP contribution >= 0.6 is 0 Å². The molecule has 0 radical (unpaired) electrons. The summed E-state index contributed by atoms with van der Waals surface area (Å²) in [5.41, 5.74) is 2.57. The molecule has 3 rings (SSSR count). The summed E-state index contributed by atoms with van der Waals surface area (Å²) in [5.74, 6) is -1.96. The van der Waals surface area contributed by atoms with E-state index in [9.17, 15) is 24.0 Å². The van der Waals surface area contributed by atoms with Crippen molar-refractivity contribution < 1.29 is 38.2 Å². The first-order chi connectivity index (χ1) is 24.5. The van der Waals surface area contributed by atoms with Crippen LogP contribution in [-0.2, 0) is 35.1 Å². The third kappa shape index (κ3) is 11.4. The van der Waals surface area contributed by atoms with Crippen LogP contribution in [0.1, 0.15) is 115 Å². The molecular formula is C41H58N2O8. The van der Waals surface area contributed by atoms with Crippen molar-refractivity contribution in [2.75, 3.05) is 28.4 Å². The monoisotopic (exact) mass is 706 g/mol. The van der Waals surface area contributed by atoms with Crippen LogP contribution in [0.3, 0.4) is 0 Å². The minimum absolute atomic E-state index is 0.0660. The zero-order valence-corrected chi connectivity index (χ0v) is 31.7. The number of carbonyl (C=O) groups is 5. The lowest BCUT2D eigenvalue weighted by molar-refractivity contribution is -0.146. The first-order valence-corrected chi connectivity index (χ1v) is 18.5. The summed E-state index contributed by atoms with van der Waals surface area (Å²) in [5, 5.41) is 2.78. The molecule has 4 bridgehead atoms. The Labute approximate surface area is 304 Å². The Balaban J connectivity index is 2.11. The number of likely N-dealkylation sites (N-methyl/N-ethyl adjacent to an activating group) is 1. The van der Waals surface area contributed by atoms with Crippen LogP contribution < -0.4 is 14.8 Å². The minimum atomic E-state index is -1.05. The number of unbranched alkanes of at least 4 members (excludes halogenated alkanes) is 6. The van der Waals surface area contributed by atoms with Crippen molar-refractivity contribution in [3.8, 4) is 22.6 Å². The van der Waals surface area contributed by atoms with Gasteiger partial charge in [-0.3, -0.25) is 19.2 Å². The lowest BCUT2D eigenvalue weighted by Gasteiger charge is -2.32. The van der Waals surface area contributed by atoms with Gasteiger partial charge in [-0.2, -0.15) is 0 Å². The van der Waals surface area contributed by atoms with E-state index in [1.54, 1.807) is 46.4 Å². The fourth-order valence-electron chi connectivity index (χ4n) is 6.89. The van der Waals surface area contributed by atoms with Gasteiger partial charge in [0.05, 0.1) is 21.3 Å². The van der Waals surface area contributed by atoms with E-state index >= 15 is 0 Å². The van der Waals surface area contributed by atoms with Crippen LogP contribution in [0, 0.1) is 11.8 Å². The molecule has 280 valence electrons. The van der Waals surface area contributed by atoms with Crippen LogP contribution in [0.4, 0.5) is 0 Å². The van der Waals surface area contributed by atoms with E-state index in [0.29, 0.717) is 41.0 Å². The average Bonchev–Trinajstić information content (AvgIpc) is 3.12. The molecule has 51 heavy (non-hydrogen) atoms. The number of ether oxygens (including phenoxy) is 3. The zero-order chi connectivity index (χ0) is 37.5. The number of amides is 2. The maximum absolute atomic E-state index is 14.4. The third-order valence-electron chi connectivity index (χ3n) is 9.87. The predicted molar refractivity (Wildman–Crippen MR) is 198 cm³/mol. The number of ketones is 2. The Kier molecular flexibility index (Phi) is 16.6. The van der Waals surface area contributed by atoms with Crippen LogP contribution in [0.15, 0.2) is 36.4 Å². The van der Waals surface area contributed by atoms with Gasteiger partial charge < -0.3 is 24.4 Å². The Morgan fingerprint density at radius 3 is 2.12 bits per heavy atom. The summed E-state index contributed by atoms with van der Waals surface area (Å²) in [7, 11) is 5.98. The highest BCUT2D eigenvalue weighted by Gasteiger charge is 2.36. The topological polar surface area (TPSA) is 128 Å². The highest BCUT2D eigenvalue weighted by Crippen LogP contribution is 2.40. The van der Waals surface area contributed by atoms with Crippen LogP contribution in [-0.4, -0.2) is 68.7 Å². The number of hydrogen-bond donors (Lipinski definition) is 1. The Morgan fingerprint density at radius 2 is 1.47 bits per heavy atom. The molecule has 0 saturated heterocycles. The quantitative estimate of drug-likeness (QED) is 0.135. The van der Waals surface area contributed by atoms with Crippen LogP contribution in [0.2, 0.25) is 0 Å². The summed E-state index contributed by atoms with van der Waals surface area (Å²) in [6, 6.07) is 8.77. The van der Waals surface area contributed by atoms with Gasteiger partial charge >= 0.3 is 5.97 Å². The Morgan fingerprint density at radius 1 is 0.843 bits per heavy atom. The second kappa shape index (κ2) is 20.6. The van der Waals surface area contributed by atoms with Crippen molar-refractivity contribution in [3.05, 3.63) is 47.5 Å². The van der Waals surface area contributed by atoms with Crippen LogP contribution in [0.5, 0.6) is 11.5 Å². The SMILES string of the molecule is CCCCCCCC(=O)C[C@@H](CCCCC)C(=O)N(C)[C@@H]1C(=O)C[C@@H](C)C(=O)N[C@H](C(=O)OC)Cc2ccc(OC)c(c2)-c2cc1ccc2OC. The molecule has 1 N–H and O–H groups in total.